The lowest BCUT2D eigenvalue weighted by Gasteiger charge is -2.35. The van der Waals surface area contributed by atoms with E-state index in [0.29, 0.717) is 16.8 Å². The zero-order chi connectivity index (χ0) is 22.6. The number of hydrogen-bond donors (Lipinski definition) is 1. The minimum atomic E-state index is -0.532. The fourth-order valence-electron chi connectivity index (χ4n) is 3.96. The number of nitrogens with zero attached hydrogens (tertiary/aromatic N) is 4. The third-order valence-corrected chi connectivity index (χ3v) is 5.70. The van der Waals surface area contributed by atoms with Crippen LogP contribution in [-0.2, 0) is 6.54 Å². The zero-order valence-corrected chi connectivity index (χ0v) is 18.0. The van der Waals surface area contributed by atoms with Crippen LogP contribution < -0.4 is 15.6 Å². The molecule has 0 saturated carbocycles. The van der Waals surface area contributed by atoms with E-state index < -0.39 is 5.91 Å². The summed E-state index contributed by atoms with van der Waals surface area (Å²) in [5.41, 5.74) is 1.41. The van der Waals surface area contributed by atoms with Gasteiger partial charge in [0.2, 0.25) is 0 Å². The van der Waals surface area contributed by atoms with Crippen LogP contribution in [0.25, 0.3) is 11.0 Å². The highest BCUT2D eigenvalue weighted by atomic mass is 16.3. The van der Waals surface area contributed by atoms with E-state index in [1.165, 1.54) is 18.0 Å². The number of fused-ring (bicyclic) bond motifs is 1. The smallest absolute Gasteiger partial charge is 0.292 e. The number of anilines is 2. The lowest BCUT2D eigenvalue weighted by atomic mass is 10.2. The van der Waals surface area contributed by atoms with Gasteiger partial charge in [-0.25, -0.2) is 9.97 Å². The van der Waals surface area contributed by atoms with E-state index in [0.717, 1.165) is 38.5 Å². The largest absolute Gasteiger partial charge is 0.451 e. The van der Waals surface area contributed by atoms with E-state index >= 15 is 0 Å². The van der Waals surface area contributed by atoms with Crippen LogP contribution in [0.15, 0.2) is 82.3 Å². The van der Waals surface area contributed by atoms with Gasteiger partial charge in [-0.15, -0.1) is 0 Å². The van der Waals surface area contributed by atoms with Crippen LogP contribution in [0.4, 0.5) is 11.6 Å². The molecule has 1 amide bonds. The Morgan fingerprint density at radius 2 is 1.70 bits per heavy atom. The summed E-state index contributed by atoms with van der Waals surface area (Å²) in [5, 5.41) is 3.15. The Kier molecular flexibility index (Phi) is 5.82. The predicted octanol–water partition coefficient (Wildman–Crippen LogP) is 3.16. The summed E-state index contributed by atoms with van der Waals surface area (Å²) in [6.45, 7) is 4.43. The molecule has 0 spiro atoms. The molecule has 5 rings (SSSR count). The van der Waals surface area contributed by atoms with Crippen molar-refractivity contribution in [1.82, 2.24) is 14.9 Å². The van der Waals surface area contributed by atoms with Crippen molar-refractivity contribution >= 4 is 28.5 Å². The zero-order valence-electron chi connectivity index (χ0n) is 18.0. The third kappa shape index (κ3) is 4.75. The standard InChI is InChI=1S/C25H23N5O3/c31-20-14-22(33-21-9-5-4-8-19(20)21)25(32)28-23-15-24(27-17-26-23)30-12-10-29(11-13-30)16-18-6-2-1-3-7-18/h1-9,14-15,17H,10-13,16H2,(H,26,27,28,32). The molecule has 8 nitrogen and oxygen atoms in total. The Balaban J connectivity index is 1.24. The number of aromatic nitrogens is 2. The van der Waals surface area contributed by atoms with Gasteiger partial charge in [-0.3, -0.25) is 14.5 Å². The molecule has 0 unspecified atom stereocenters. The van der Waals surface area contributed by atoms with Crippen molar-refractivity contribution < 1.29 is 9.21 Å². The topological polar surface area (TPSA) is 91.6 Å². The first-order valence-electron chi connectivity index (χ1n) is 10.8. The Morgan fingerprint density at radius 1 is 0.939 bits per heavy atom. The van der Waals surface area contributed by atoms with E-state index in [1.54, 1.807) is 30.3 Å². The lowest BCUT2D eigenvalue weighted by Crippen LogP contribution is -2.46. The molecule has 1 aliphatic rings. The second kappa shape index (κ2) is 9.22. The first-order valence-corrected chi connectivity index (χ1v) is 10.8. The molecule has 8 heteroatoms. The molecular weight excluding hydrogens is 418 g/mol. The number of hydrogen-bond acceptors (Lipinski definition) is 7. The highest BCUT2D eigenvalue weighted by Crippen LogP contribution is 2.18. The number of piperazine rings is 1. The maximum Gasteiger partial charge on any atom is 0.292 e. The SMILES string of the molecule is O=C(Nc1cc(N2CCN(Cc3ccccc3)CC2)ncn1)c1cc(=O)c2ccccc2o1. The summed E-state index contributed by atoms with van der Waals surface area (Å²) in [7, 11) is 0. The van der Waals surface area contributed by atoms with Crippen molar-refractivity contribution in [3.63, 3.8) is 0 Å². The summed E-state index contributed by atoms with van der Waals surface area (Å²) in [5.74, 6) is 0.510. The summed E-state index contributed by atoms with van der Waals surface area (Å²) in [4.78, 5) is 38.1. The van der Waals surface area contributed by atoms with Crippen LogP contribution in [0.1, 0.15) is 16.1 Å². The second-order valence-electron chi connectivity index (χ2n) is 7.94. The molecule has 1 N–H and O–H groups in total. The summed E-state index contributed by atoms with van der Waals surface area (Å²) in [6.07, 6.45) is 1.43. The summed E-state index contributed by atoms with van der Waals surface area (Å²) < 4.78 is 5.61. The van der Waals surface area contributed by atoms with Crippen LogP contribution in [0, 0.1) is 0 Å². The average Bonchev–Trinajstić information content (AvgIpc) is 2.85. The molecule has 1 fully saturated rings. The fourth-order valence-corrected chi connectivity index (χ4v) is 3.96. The van der Waals surface area contributed by atoms with Gasteiger partial charge in [0.15, 0.2) is 11.2 Å². The fraction of sp³-hybridized carbons (Fsp3) is 0.200. The second-order valence-corrected chi connectivity index (χ2v) is 7.94. The Labute approximate surface area is 190 Å². The first kappa shape index (κ1) is 20.8. The van der Waals surface area contributed by atoms with Crippen molar-refractivity contribution in [3.05, 3.63) is 94.6 Å². The van der Waals surface area contributed by atoms with Gasteiger partial charge >= 0.3 is 0 Å². The van der Waals surface area contributed by atoms with E-state index in [2.05, 4.69) is 49.4 Å². The number of rotatable bonds is 5. The van der Waals surface area contributed by atoms with Gasteiger partial charge in [0.25, 0.3) is 5.91 Å². The number of carbonyl (C=O) groups excluding carboxylic acids is 1. The first-order chi connectivity index (χ1) is 16.2. The summed E-state index contributed by atoms with van der Waals surface area (Å²) in [6, 6.07) is 20.2. The van der Waals surface area contributed by atoms with E-state index in [4.69, 9.17) is 4.42 Å². The highest BCUT2D eigenvalue weighted by molar-refractivity contribution is 6.02. The van der Waals surface area contributed by atoms with Crippen LogP contribution in [0.2, 0.25) is 0 Å². The Bertz CT molecular complexity index is 1330. The number of benzene rings is 2. The number of carbonyl (C=O) groups is 1. The Hall–Kier alpha value is -4.04. The number of nitrogens with one attached hydrogen (secondary N) is 1. The van der Waals surface area contributed by atoms with Gasteiger partial charge < -0.3 is 14.6 Å². The number of para-hydroxylation sites is 1. The van der Waals surface area contributed by atoms with Crippen LogP contribution in [0.3, 0.4) is 0 Å². The third-order valence-electron chi connectivity index (χ3n) is 5.70. The monoisotopic (exact) mass is 441 g/mol. The maximum atomic E-state index is 12.7. The normalized spacial score (nSPS) is 14.4. The van der Waals surface area contributed by atoms with Crippen molar-refractivity contribution in [1.29, 1.82) is 0 Å². The van der Waals surface area contributed by atoms with Crippen molar-refractivity contribution in [2.75, 3.05) is 36.4 Å². The number of amides is 1. The molecule has 0 bridgehead atoms. The van der Waals surface area contributed by atoms with Gasteiger partial charge in [-0.05, 0) is 17.7 Å². The minimum absolute atomic E-state index is 0.0617. The molecule has 0 atom stereocenters. The van der Waals surface area contributed by atoms with E-state index in [-0.39, 0.29) is 11.2 Å². The van der Waals surface area contributed by atoms with Crippen molar-refractivity contribution in [2.24, 2.45) is 0 Å². The van der Waals surface area contributed by atoms with Crippen LogP contribution in [0.5, 0.6) is 0 Å². The van der Waals surface area contributed by atoms with Crippen LogP contribution in [-0.4, -0.2) is 47.0 Å². The molecule has 0 aliphatic carbocycles. The lowest BCUT2D eigenvalue weighted by molar-refractivity contribution is 0.0997. The highest BCUT2D eigenvalue weighted by Gasteiger charge is 2.19. The van der Waals surface area contributed by atoms with Crippen molar-refractivity contribution in [3.8, 4) is 0 Å². The van der Waals surface area contributed by atoms with Gasteiger partial charge in [-0.1, -0.05) is 42.5 Å². The van der Waals surface area contributed by atoms with Gasteiger partial charge in [0, 0.05) is 44.9 Å². The van der Waals surface area contributed by atoms with E-state index in [9.17, 15) is 9.59 Å². The molecule has 4 aromatic rings. The maximum absolute atomic E-state index is 12.7. The van der Waals surface area contributed by atoms with Crippen LogP contribution >= 0.6 is 0 Å². The molecule has 3 heterocycles. The molecular formula is C25H23N5O3. The molecule has 2 aromatic heterocycles. The average molecular weight is 441 g/mol. The summed E-state index contributed by atoms with van der Waals surface area (Å²) >= 11 is 0. The minimum Gasteiger partial charge on any atom is -0.451 e. The molecule has 166 valence electrons. The van der Waals surface area contributed by atoms with Gasteiger partial charge in [0.1, 0.15) is 23.5 Å². The van der Waals surface area contributed by atoms with Gasteiger partial charge in [-0.2, -0.15) is 0 Å². The van der Waals surface area contributed by atoms with Gasteiger partial charge in [0.05, 0.1) is 5.39 Å². The molecule has 0 radical (unpaired) electrons. The van der Waals surface area contributed by atoms with E-state index in [1.807, 2.05) is 6.07 Å². The van der Waals surface area contributed by atoms with Crippen molar-refractivity contribution in [2.45, 2.75) is 6.54 Å². The molecule has 1 aliphatic heterocycles. The molecule has 33 heavy (non-hydrogen) atoms. The molecule has 1 saturated heterocycles. The quantitative estimate of drug-likeness (QED) is 0.509. The predicted molar refractivity (Wildman–Crippen MR) is 126 cm³/mol. The molecule has 2 aromatic carbocycles. The Morgan fingerprint density at radius 3 is 2.52 bits per heavy atom.